The highest BCUT2D eigenvalue weighted by Gasteiger charge is 2.52. The average molecular weight is 353 g/mol. The van der Waals surface area contributed by atoms with Gasteiger partial charge in [-0.25, -0.2) is 21.5 Å². The summed E-state index contributed by atoms with van der Waals surface area (Å²) in [5, 5.41) is 14.3. The monoisotopic (exact) mass is 353 g/mol. The smallest absolute Gasteiger partial charge is 0.287 e. The van der Waals surface area contributed by atoms with Crippen LogP contribution in [0.5, 0.6) is 0 Å². The molecular weight excluding hydrogens is 332 g/mol. The topological polar surface area (TPSA) is 90.3 Å². The van der Waals surface area contributed by atoms with Gasteiger partial charge in [-0.1, -0.05) is 0 Å². The molecule has 0 unspecified atom stereocenters. The van der Waals surface area contributed by atoms with Crippen LogP contribution < -0.4 is 0 Å². The summed E-state index contributed by atoms with van der Waals surface area (Å²) in [6.45, 7) is 3.33. The van der Waals surface area contributed by atoms with Crippen LogP contribution in [0.3, 0.4) is 0 Å². The van der Waals surface area contributed by atoms with Crippen molar-refractivity contribution in [2.45, 2.75) is 45.3 Å². The largest absolute Gasteiger partial charge is 0.364 e. The van der Waals surface area contributed by atoms with Crippen LogP contribution in [0.25, 0.3) is 0 Å². The minimum Gasteiger partial charge on any atom is -0.364 e. The van der Waals surface area contributed by atoms with Crippen molar-refractivity contribution in [2.75, 3.05) is 18.8 Å². The van der Waals surface area contributed by atoms with Crippen molar-refractivity contribution in [1.82, 2.24) is 9.31 Å². The van der Waals surface area contributed by atoms with Crippen LogP contribution in [0.15, 0.2) is 5.10 Å². The number of nitrogens with zero attached hydrogens (tertiary/aromatic N) is 3. The van der Waals surface area contributed by atoms with Gasteiger partial charge in [0.25, 0.3) is 6.43 Å². The van der Waals surface area contributed by atoms with Gasteiger partial charge >= 0.3 is 0 Å². The number of carbonyl (C=O) groups is 1. The van der Waals surface area contributed by atoms with E-state index < -0.39 is 34.0 Å². The van der Waals surface area contributed by atoms with E-state index >= 15 is 0 Å². The Labute approximate surface area is 134 Å². The highest BCUT2D eigenvalue weighted by atomic mass is 32.2. The molecule has 1 saturated heterocycles. The number of halogens is 2. The van der Waals surface area contributed by atoms with Gasteiger partial charge in [0.1, 0.15) is 0 Å². The number of carbonyl (C=O) groups excluding carboxylic acids is 1. The summed E-state index contributed by atoms with van der Waals surface area (Å²) < 4.78 is 51.2. The van der Waals surface area contributed by atoms with Gasteiger partial charge in [-0.3, -0.25) is 4.79 Å². The Morgan fingerprint density at radius 1 is 1.43 bits per heavy atom. The zero-order chi connectivity index (χ0) is 17.4. The van der Waals surface area contributed by atoms with Gasteiger partial charge in [0, 0.05) is 31.1 Å². The number of hydrogen-bond donors (Lipinski definition) is 1. The molecule has 0 spiro atoms. The molecule has 10 heteroatoms. The molecule has 0 bridgehead atoms. The Kier molecular flexibility index (Phi) is 5.07. The molecule has 0 aromatic heterocycles. The molecule has 2 rings (SSSR count). The molecule has 7 nitrogen and oxygen atoms in total. The Morgan fingerprint density at radius 2 is 2.00 bits per heavy atom. The van der Waals surface area contributed by atoms with E-state index in [0.29, 0.717) is 5.01 Å². The lowest BCUT2D eigenvalue weighted by Gasteiger charge is -2.35. The SMILES string of the molecule is CCS(=O)(=O)N1CCC(C(=O)N2N=C(C)C[C@]2(O)C(F)F)CC1. The quantitative estimate of drug-likeness (QED) is 0.802. The molecule has 2 heterocycles. The van der Waals surface area contributed by atoms with Crippen LogP contribution in [-0.2, 0) is 14.8 Å². The second-order valence-corrected chi connectivity index (χ2v) is 8.17. The maximum atomic E-state index is 13.1. The second-order valence-electron chi connectivity index (χ2n) is 5.92. The predicted molar refractivity (Wildman–Crippen MR) is 79.3 cm³/mol. The lowest BCUT2D eigenvalue weighted by Crippen LogP contribution is -2.54. The minimum absolute atomic E-state index is 0.0215. The van der Waals surface area contributed by atoms with Gasteiger partial charge in [-0.2, -0.15) is 10.1 Å². The van der Waals surface area contributed by atoms with Gasteiger partial charge in [-0.15, -0.1) is 0 Å². The first-order chi connectivity index (χ1) is 10.6. The number of alkyl halides is 2. The molecule has 2 aliphatic heterocycles. The fourth-order valence-corrected chi connectivity index (χ4v) is 4.02. The molecule has 0 aromatic carbocycles. The van der Waals surface area contributed by atoms with Crippen LogP contribution in [0, 0.1) is 5.92 Å². The standard InChI is InChI=1S/C13H21F2N3O4S/c1-3-23(21,22)17-6-4-10(5-7-17)11(19)18-13(20,12(14)15)8-9(2)16-18/h10,12,20H,3-8H2,1-2H3/t13-/m0/s1. The summed E-state index contributed by atoms with van der Waals surface area (Å²) in [6, 6.07) is 0. The summed E-state index contributed by atoms with van der Waals surface area (Å²) in [4.78, 5) is 12.4. The fraction of sp³-hybridized carbons (Fsp3) is 0.846. The van der Waals surface area contributed by atoms with Crippen molar-refractivity contribution in [2.24, 2.45) is 11.0 Å². The molecule has 1 amide bonds. The summed E-state index contributed by atoms with van der Waals surface area (Å²) in [7, 11) is -3.32. The van der Waals surface area contributed by atoms with Crippen LogP contribution >= 0.6 is 0 Å². The Morgan fingerprint density at radius 3 is 2.48 bits per heavy atom. The maximum absolute atomic E-state index is 13.1. The molecule has 132 valence electrons. The molecule has 0 radical (unpaired) electrons. The predicted octanol–water partition coefficient (Wildman–Crippen LogP) is 0.610. The third-order valence-electron chi connectivity index (χ3n) is 4.27. The third kappa shape index (κ3) is 3.38. The molecule has 1 fully saturated rings. The number of rotatable bonds is 4. The first-order valence-electron chi connectivity index (χ1n) is 7.48. The molecule has 0 aromatic rings. The lowest BCUT2D eigenvalue weighted by molar-refractivity contribution is -0.195. The molecule has 0 saturated carbocycles. The number of amides is 1. The number of hydrazone groups is 1. The number of aliphatic hydroxyl groups is 1. The van der Waals surface area contributed by atoms with Gasteiger partial charge < -0.3 is 5.11 Å². The van der Waals surface area contributed by atoms with Gasteiger partial charge in [0.05, 0.1) is 5.75 Å². The Balaban J connectivity index is 2.08. The van der Waals surface area contributed by atoms with Crippen molar-refractivity contribution >= 4 is 21.6 Å². The van der Waals surface area contributed by atoms with E-state index in [1.807, 2.05) is 0 Å². The Hall–Kier alpha value is -1.13. The van der Waals surface area contributed by atoms with E-state index in [1.165, 1.54) is 18.2 Å². The molecular formula is C13H21F2N3O4S. The van der Waals surface area contributed by atoms with E-state index in [2.05, 4.69) is 5.10 Å². The lowest BCUT2D eigenvalue weighted by atomic mass is 9.96. The first-order valence-corrected chi connectivity index (χ1v) is 9.09. The molecule has 2 aliphatic rings. The van der Waals surface area contributed by atoms with Crippen molar-refractivity contribution < 1.29 is 27.1 Å². The van der Waals surface area contributed by atoms with Crippen molar-refractivity contribution in [3.63, 3.8) is 0 Å². The van der Waals surface area contributed by atoms with Gasteiger partial charge in [-0.05, 0) is 26.7 Å². The van der Waals surface area contributed by atoms with Crippen LogP contribution in [-0.4, -0.2) is 65.5 Å². The zero-order valence-electron chi connectivity index (χ0n) is 13.1. The summed E-state index contributed by atoms with van der Waals surface area (Å²) in [5.41, 5.74) is -2.35. The van der Waals surface area contributed by atoms with Crippen LogP contribution in [0.4, 0.5) is 8.78 Å². The normalized spacial score (nSPS) is 27.6. The van der Waals surface area contributed by atoms with Crippen LogP contribution in [0.1, 0.15) is 33.1 Å². The molecule has 1 atom stereocenters. The highest BCUT2D eigenvalue weighted by Crippen LogP contribution is 2.34. The molecule has 1 N–H and O–H groups in total. The summed E-state index contributed by atoms with van der Waals surface area (Å²) in [5.74, 6) is -1.33. The maximum Gasteiger partial charge on any atom is 0.287 e. The summed E-state index contributed by atoms with van der Waals surface area (Å²) >= 11 is 0. The van der Waals surface area contributed by atoms with Crippen LogP contribution in [0.2, 0.25) is 0 Å². The Bertz CT molecular complexity index is 602. The van der Waals surface area contributed by atoms with Gasteiger partial charge in [0.15, 0.2) is 0 Å². The minimum atomic E-state index is -3.32. The van der Waals surface area contributed by atoms with E-state index in [9.17, 15) is 27.1 Å². The van der Waals surface area contributed by atoms with Crippen molar-refractivity contribution in [3.05, 3.63) is 0 Å². The van der Waals surface area contributed by atoms with E-state index in [4.69, 9.17) is 0 Å². The van der Waals surface area contributed by atoms with Crippen molar-refractivity contribution in [1.29, 1.82) is 0 Å². The number of hydrogen-bond acceptors (Lipinski definition) is 5. The highest BCUT2D eigenvalue weighted by molar-refractivity contribution is 7.89. The number of sulfonamides is 1. The average Bonchev–Trinajstić information content (AvgIpc) is 2.83. The molecule has 0 aliphatic carbocycles. The molecule has 23 heavy (non-hydrogen) atoms. The second kappa shape index (κ2) is 6.40. The zero-order valence-corrected chi connectivity index (χ0v) is 13.9. The summed E-state index contributed by atoms with van der Waals surface area (Å²) in [6.07, 6.45) is -3.07. The van der Waals surface area contributed by atoms with E-state index in [-0.39, 0.29) is 43.8 Å². The number of piperidine rings is 1. The van der Waals surface area contributed by atoms with Crippen molar-refractivity contribution in [3.8, 4) is 0 Å². The first kappa shape index (κ1) is 18.2. The fourth-order valence-electron chi connectivity index (χ4n) is 2.89. The third-order valence-corrected chi connectivity index (χ3v) is 6.15. The van der Waals surface area contributed by atoms with E-state index in [1.54, 1.807) is 0 Å². The van der Waals surface area contributed by atoms with E-state index in [0.717, 1.165) is 0 Å². The van der Waals surface area contributed by atoms with Gasteiger partial charge in [0.2, 0.25) is 21.7 Å².